The molecule has 17 heavy (non-hydrogen) atoms. The number of rotatable bonds is 9. The summed E-state index contributed by atoms with van der Waals surface area (Å²) in [5.74, 6) is 0.0936. The van der Waals surface area contributed by atoms with Crippen molar-refractivity contribution in [3.8, 4) is 0 Å². The lowest BCUT2D eigenvalue weighted by molar-refractivity contribution is 0.199. The summed E-state index contributed by atoms with van der Waals surface area (Å²) in [5, 5.41) is 0. The standard InChI is InChI=1S/C10H22N2O3S2/c1-9(2)12(6-5-10(11)16)17(13,14)8-4-7-15-3/h9H,4-8H2,1-3H3,(H2,11,16). The molecule has 2 N–H and O–H groups in total. The number of nitrogens with two attached hydrogens (primary N) is 1. The molecule has 0 atom stereocenters. The summed E-state index contributed by atoms with van der Waals surface area (Å²) in [6, 6.07) is -0.0862. The van der Waals surface area contributed by atoms with E-state index in [1.165, 1.54) is 4.31 Å². The molecule has 7 heteroatoms. The zero-order valence-electron chi connectivity index (χ0n) is 10.7. The lowest BCUT2D eigenvalue weighted by Gasteiger charge is -2.25. The van der Waals surface area contributed by atoms with Crippen LogP contribution in [0.3, 0.4) is 0 Å². The summed E-state index contributed by atoms with van der Waals surface area (Å²) < 4.78 is 30.4. The Morgan fingerprint density at radius 1 is 1.47 bits per heavy atom. The summed E-state index contributed by atoms with van der Waals surface area (Å²) in [7, 11) is -1.70. The van der Waals surface area contributed by atoms with E-state index in [0.717, 1.165) is 0 Å². The fourth-order valence-electron chi connectivity index (χ4n) is 1.44. The quantitative estimate of drug-likeness (QED) is 0.499. The van der Waals surface area contributed by atoms with Gasteiger partial charge in [-0.25, -0.2) is 8.42 Å². The van der Waals surface area contributed by atoms with Gasteiger partial charge in [-0.3, -0.25) is 0 Å². The average Bonchev–Trinajstić information content (AvgIpc) is 2.16. The first-order valence-electron chi connectivity index (χ1n) is 5.58. The molecule has 0 unspecified atom stereocenters. The molecular weight excluding hydrogens is 260 g/mol. The van der Waals surface area contributed by atoms with Crippen LogP contribution in [0.25, 0.3) is 0 Å². The Kier molecular flexibility index (Phi) is 7.85. The van der Waals surface area contributed by atoms with Crippen LogP contribution in [0.1, 0.15) is 26.7 Å². The zero-order chi connectivity index (χ0) is 13.5. The van der Waals surface area contributed by atoms with Crippen LogP contribution in [-0.4, -0.2) is 49.8 Å². The molecule has 0 amide bonds. The van der Waals surface area contributed by atoms with Gasteiger partial charge in [0.2, 0.25) is 10.0 Å². The first-order chi connectivity index (χ1) is 7.81. The second-order valence-corrected chi connectivity index (χ2v) is 6.65. The maximum absolute atomic E-state index is 12.0. The first kappa shape index (κ1) is 16.8. The largest absolute Gasteiger partial charge is 0.393 e. The Morgan fingerprint density at radius 3 is 2.47 bits per heavy atom. The Balaban J connectivity index is 4.51. The van der Waals surface area contributed by atoms with Crippen LogP contribution in [0.15, 0.2) is 0 Å². The Hall–Kier alpha value is -0.240. The number of thiocarbonyl (C=S) groups is 1. The molecule has 0 heterocycles. The van der Waals surface area contributed by atoms with Crippen molar-refractivity contribution in [2.24, 2.45) is 5.73 Å². The monoisotopic (exact) mass is 282 g/mol. The van der Waals surface area contributed by atoms with E-state index in [-0.39, 0.29) is 11.8 Å². The van der Waals surface area contributed by atoms with Gasteiger partial charge in [-0.15, -0.1) is 0 Å². The van der Waals surface area contributed by atoms with E-state index in [0.29, 0.717) is 31.0 Å². The highest BCUT2D eigenvalue weighted by Crippen LogP contribution is 2.10. The second-order valence-electron chi connectivity index (χ2n) is 4.08. The van der Waals surface area contributed by atoms with Gasteiger partial charge in [0.15, 0.2) is 0 Å². The van der Waals surface area contributed by atoms with Gasteiger partial charge < -0.3 is 10.5 Å². The Morgan fingerprint density at radius 2 is 2.06 bits per heavy atom. The van der Waals surface area contributed by atoms with E-state index in [1.807, 2.05) is 13.8 Å². The molecule has 0 fully saturated rings. The molecule has 0 aliphatic heterocycles. The van der Waals surface area contributed by atoms with Gasteiger partial charge in [-0.1, -0.05) is 12.2 Å². The molecule has 0 aromatic carbocycles. The van der Waals surface area contributed by atoms with Crippen LogP contribution in [0.4, 0.5) is 0 Å². The maximum atomic E-state index is 12.0. The molecule has 5 nitrogen and oxygen atoms in total. The van der Waals surface area contributed by atoms with Crippen molar-refractivity contribution in [1.29, 1.82) is 0 Å². The van der Waals surface area contributed by atoms with Crippen LogP contribution in [0.5, 0.6) is 0 Å². The van der Waals surface area contributed by atoms with E-state index in [4.69, 9.17) is 22.7 Å². The molecule has 0 aliphatic carbocycles. The molecule has 0 aromatic rings. The predicted molar refractivity (Wildman–Crippen MR) is 73.5 cm³/mol. The van der Waals surface area contributed by atoms with Crippen molar-refractivity contribution in [3.05, 3.63) is 0 Å². The van der Waals surface area contributed by atoms with Gasteiger partial charge in [0, 0.05) is 32.7 Å². The second kappa shape index (κ2) is 7.97. The number of methoxy groups -OCH3 is 1. The minimum atomic E-state index is -3.25. The summed E-state index contributed by atoms with van der Waals surface area (Å²) in [6.45, 7) is 4.48. The third-order valence-electron chi connectivity index (χ3n) is 2.26. The minimum absolute atomic E-state index is 0.0862. The van der Waals surface area contributed by atoms with Gasteiger partial charge in [-0.05, 0) is 20.3 Å². The lowest BCUT2D eigenvalue weighted by Crippen LogP contribution is -2.40. The molecule has 0 aromatic heterocycles. The van der Waals surface area contributed by atoms with Crippen LogP contribution >= 0.6 is 12.2 Å². The summed E-state index contributed by atoms with van der Waals surface area (Å²) >= 11 is 4.77. The molecule has 0 aliphatic rings. The zero-order valence-corrected chi connectivity index (χ0v) is 12.3. The molecular formula is C10H22N2O3S2. The summed E-state index contributed by atoms with van der Waals surface area (Å²) in [6.07, 6.45) is 0.909. The van der Waals surface area contributed by atoms with Crippen molar-refractivity contribution in [3.63, 3.8) is 0 Å². The normalized spacial score (nSPS) is 12.3. The van der Waals surface area contributed by atoms with Crippen LogP contribution in [0.2, 0.25) is 0 Å². The van der Waals surface area contributed by atoms with E-state index < -0.39 is 10.0 Å². The van der Waals surface area contributed by atoms with E-state index in [1.54, 1.807) is 7.11 Å². The van der Waals surface area contributed by atoms with Crippen molar-refractivity contribution in [2.45, 2.75) is 32.7 Å². The molecule has 102 valence electrons. The number of sulfonamides is 1. The minimum Gasteiger partial charge on any atom is -0.393 e. The highest BCUT2D eigenvalue weighted by molar-refractivity contribution is 7.89. The van der Waals surface area contributed by atoms with Crippen LogP contribution < -0.4 is 5.73 Å². The van der Waals surface area contributed by atoms with Crippen LogP contribution in [-0.2, 0) is 14.8 Å². The number of nitrogens with zero attached hydrogens (tertiary/aromatic N) is 1. The van der Waals surface area contributed by atoms with Gasteiger partial charge in [-0.2, -0.15) is 4.31 Å². The predicted octanol–water partition coefficient (Wildman–Crippen LogP) is 0.739. The van der Waals surface area contributed by atoms with Crippen molar-refractivity contribution >= 4 is 27.2 Å². The Labute approximate surface area is 109 Å². The fraction of sp³-hybridized carbons (Fsp3) is 0.900. The van der Waals surface area contributed by atoms with Gasteiger partial charge in [0.1, 0.15) is 0 Å². The summed E-state index contributed by atoms with van der Waals surface area (Å²) in [4.78, 5) is 0.336. The maximum Gasteiger partial charge on any atom is 0.214 e. The summed E-state index contributed by atoms with van der Waals surface area (Å²) in [5.41, 5.74) is 5.40. The smallest absolute Gasteiger partial charge is 0.214 e. The molecule has 0 radical (unpaired) electrons. The number of ether oxygens (including phenoxy) is 1. The average molecular weight is 282 g/mol. The Bertz CT molecular complexity index is 328. The molecule has 0 spiro atoms. The third kappa shape index (κ3) is 6.92. The van der Waals surface area contributed by atoms with Crippen LogP contribution in [0, 0.1) is 0 Å². The van der Waals surface area contributed by atoms with Gasteiger partial charge in [0.25, 0.3) is 0 Å². The topological polar surface area (TPSA) is 72.6 Å². The van der Waals surface area contributed by atoms with E-state index >= 15 is 0 Å². The molecule has 0 saturated carbocycles. The molecule has 0 saturated heterocycles. The SMILES string of the molecule is COCCCS(=O)(=O)N(CCC(N)=S)C(C)C. The van der Waals surface area contributed by atoms with Crippen molar-refractivity contribution < 1.29 is 13.2 Å². The van der Waals surface area contributed by atoms with Crippen molar-refractivity contribution in [1.82, 2.24) is 4.31 Å². The van der Waals surface area contributed by atoms with Crippen molar-refractivity contribution in [2.75, 3.05) is 26.0 Å². The molecule has 0 bridgehead atoms. The van der Waals surface area contributed by atoms with E-state index in [9.17, 15) is 8.42 Å². The third-order valence-corrected chi connectivity index (χ3v) is 4.59. The first-order valence-corrected chi connectivity index (χ1v) is 7.59. The van der Waals surface area contributed by atoms with E-state index in [2.05, 4.69) is 0 Å². The van der Waals surface area contributed by atoms with Gasteiger partial charge >= 0.3 is 0 Å². The number of hydrogen-bond acceptors (Lipinski definition) is 4. The highest BCUT2D eigenvalue weighted by Gasteiger charge is 2.24. The molecule has 0 rings (SSSR count). The number of hydrogen-bond donors (Lipinski definition) is 1. The fourth-order valence-corrected chi connectivity index (χ4v) is 3.26. The van der Waals surface area contributed by atoms with Gasteiger partial charge in [0.05, 0.1) is 10.7 Å². The highest BCUT2D eigenvalue weighted by atomic mass is 32.2. The lowest BCUT2D eigenvalue weighted by atomic mass is 10.3.